The van der Waals surface area contributed by atoms with Gasteiger partial charge in [0.05, 0.1) is 11.4 Å². The van der Waals surface area contributed by atoms with E-state index >= 15 is 0 Å². The van der Waals surface area contributed by atoms with Gasteiger partial charge in [0.1, 0.15) is 5.76 Å². The summed E-state index contributed by atoms with van der Waals surface area (Å²) in [6.45, 7) is 0. The van der Waals surface area contributed by atoms with E-state index in [4.69, 9.17) is 9.52 Å². The number of carboxylic acids is 1. The molecule has 1 atom stereocenters. The van der Waals surface area contributed by atoms with Gasteiger partial charge in [-0.3, -0.25) is 0 Å². The quantitative estimate of drug-likeness (QED) is 0.767. The van der Waals surface area contributed by atoms with E-state index in [0.29, 0.717) is 5.69 Å². The van der Waals surface area contributed by atoms with Gasteiger partial charge < -0.3 is 14.6 Å². The fourth-order valence-corrected chi connectivity index (χ4v) is 1.97. The molecule has 1 aromatic carbocycles. The molecule has 0 aliphatic heterocycles. The van der Waals surface area contributed by atoms with Crippen molar-refractivity contribution in [3.8, 4) is 5.69 Å². The number of furan rings is 1. The average molecular weight is 284 g/mol. The third-order valence-corrected chi connectivity index (χ3v) is 3.02. The van der Waals surface area contributed by atoms with Crippen molar-refractivity contribution in [2.45, 2.75) is 6.10 Å². The first-order valence-corrected chi connectivity index (χ1v) is 6.27. The molecule has 21 heavy (non-hydrogen) atoms. The molecule has 0 aliphatic rings. The van der Waals surface area contributed by atoms with Gasteiger partial charge >= 0.3 is 5.97 Å². The van der Waals surface area contributed by atoms with Crippen LogP contribution < -0.4 is 0 Å². The monoisotopic (exact) mass is 284 g/mol. The minimum atomic E-state index is -1.18. The summed E-state index contributed by atoms with van der Waals surface area (Å²) in [5, 5.41) is 23.3. The molecule has 2 N–H and O–H groups in total. The van der Waals surface area contributed by atoms with Crippen molar-refractivity contribution < 1.29 is 19.4 Å². The van der Waals surface area contributed by atoms with Crippen LogP contribution in [0.15, 0.2) is 59.1 Å². The van der Waals surface area contributed by atoms with Crippen LogP contribution in [0.5, 0.6) is 0 Å². The number of hydrogen-bond donors (Lipinski definition) is 2. The van der Waals surface area contributed by atoms with Crippen molar-refractivity contribution in [2.24, 2.45) is 0 Å². The van der Waals surface area contributed by atoms with Crippen molar-refractivity contribution in [1.82, 2.24) is 9.78 Å². The Morgan fingerprint density at radius 1 is 1.14 bits per heavy atom. The Morgan fingerprint density at radius 3 is 2.57 bits per heavy atom. The van der Waals surface area contributed by atoms with Gasteiger partial charge in [-0.1, -0.05) is 18.2 Å². The molecule has 3 aromatic rings. The van der Waals surface area contributed by atoms with Gasteiger partial charge in [-0.2, -0.15) is 5.10 Å². The zero-order chi connectivity index (χ0) is 14.8. The van der Waals surface area contributed by atoms with Crippen LogP contribution in [-0.2, 0) is 0 Å². The van der Waals surface area contributed by atoms with Crippen LogP contribution in [0.4, 0.5) is 0 Å². The number of nitrogens with zero attached hydrogens (tertiary/aromatic N) is 2. The molecule has 0 spiro atoms. The number of aliphatic hydroxyl groups is 1. The molecular weight excluding hydrogens is 272 g/mol. The SMILES string of the molecule is O=C(O)c1ccc(C(O)c2ccn(-c3ccccc3)n2)o1. The molecule has 2 heterocycles. The minimum Gasteiger partial charge on any atom is -0.475 e. The maximum atomic E-state index is 10.8. The van der Waals surface area contributed by atoms with Crippen molar-refractivity contribution in [3.05, 3.63) is 71.9 Å². The number of aromatic carboxylic acids is 1. The Labute approximate surface area is 119 Å². The topological polar surface area (TPSA) is 88.5 Å². The standard InChI is InChI=1S/C15H12N2O4/c18-14(12-6-7-13(21-12)15(19)20)11-8-9-17(16-11)10-4-2-1-3-5-10/h1-9,14,18H,(H,19,20). The smallest absolute Gasteiger partial charge is 0.371 e. The number of hydrogen-bond acceptors (Lipinski definition) is 4. The van der Waals surface area contributed by atoms with Gasteiger partial charge in [0.15, 0.2) is 6.10 Å². The largest absolute Gasteiger partial charge is 0.475 e. The predicted octanol–water partition coefficient (Wildman–Crippen LogP) is 2.25. The highest BCUT2D eigenvalue weighted by Gasteiger charge is 2.19. The van der Waals surface area contributed by atoms with Crippen LogP contribution in [0.1, 0.15) is 28.1 Å². The second-order valence-corrected chi connectivity index (χ2v) is 4.43. The third kappa shape index (κ3) is 2.56. The molecule has 0 amide bonds. The molecule has 0 fully saturated rings. The molecule has 1 unspecified atom stereocenters. The van der Waals surface area contributed by atoms with Crippen molar-refractivity contribution in [1.29, 1.82) is 0 Å². The maximum Gasteiger partial charge on any atom is 0.371 e. The summed E-state index contributed by atoms with van der Waals surface area (Å²) in [4.78, 5) is 10.8. The van der Waals surface area contributed by atoms with Gasteiger partial charge in [-0.25, -0.2) is 9.48 Å². The van der Waals surface area contributed by atoms with Crippen molar-refractivity contribution in [3.63, 3.8) is 0 Å². The normalized spacial score (nSPS) is 12.2. The predicted molar refractivity (Wildman–Crippen MR) is 73.3 cm³/mol. The van der Waals surface area contributed by atoms with Crippen molar-refractivity contribution in [2.75, 3.05) is 0 Å². The van der Waals surface area contributed by atoms with Crippen LogP contribution in [-0.4, -0.2) is 26.0 Å². The molecule has 0 saturated heterocycles. The molecule has 3 rings (SSSR count). The lowest BCUT2D eigenvalue weighted by atomic mass is 10.2. The first-order chi connectivity index (χ1) is 10.1. The lowest BCUT2D eigenvalue weighted by Crippen LogP contribution is -2.02. The molecule has 2 aromatic heterocycles. The summed E-state index contributed by atoms with van der Waals surface area (Å²) in [6, 6.07) is 13.8. The van der Waals surface area contributed by atoms with E-state index in [1.54, 1.807) is 16.9 Å². The molecule has 6 heteroatoms. The van der Waals surface area contributed by atoms with Gasteiger partial charge in [-0.05, 0) is 30.3 Å². The fraction of sp³-hybridized carbons (Fsp3) is 0.0667. The number of aromatic nitrogens is 2. The van der Waals surface area contributed by atoms with Crippen LogP contribution >= 0.6 is 0 Å². The van der Waals surface area contributed by atoms with Crippen LogP contribution in [0.25, 0.3) is 5.69 Å². The highest BCUT2D eigenvalue weighted by molar-refractivity contribution is 5.84. The van der Waals surface area contributed by atoms with Gasteiger partial charge in [0, 0.05) is 6.20 Å². The Bertz CT molecular complexity index is 761. The molecule has 106 valence electrons. The Hall–Kier alpha value is -2.86. The van der Waals surface area contributed by atoms with Crippen LogP contribution in [0, 0.1) is 0 Å². The highest BCUT2D eigenvalue weighted by atomic mass is 16.4. The van der Waals surface area contributed by atoms with E-state index in [2.05, 4.69) is 5.10 Å². The Kier molecular flexibility index (Phi) is 3.29. The molecule has 0 radical (unpaired) electrons. The van der Waals surface area contributed by atoms with E-state index < -0.39 is 12.1 Å². The number of para-hydroxylation sites is 1. The van der Waals surface area contributed by atoms with Gasteiger partial charge in [-0.15, -0.1) is 0 Å². The van der Waals surface area contributed by atoms with E-state index in [1.165, 1.54) is 12.1 Å². The summed E-state index contributed by atoms with van der Waals surface area (Å²) in [5.74, 6) is -1.25. The summed E-state index contributed by atoms with van der Waals surface area (Å²) in [7, 11) is 0. The summed E-state index contributed by atoms with van der Waals surface area (Å²) < 4.78 is 6.70. The van der Waals surface area contributed by atoms with E-state index in [9.17, 15) is 9.90 Å². The number of benzene rings is 1. The van der Waals surface area contributed by atoms with E-state index in [-0.39, 0.29) is 11.5 Å². The average Bonchev–Trinajstić information content (AvgIpc) is 3.17. The first-order valence-electron chi connectivity index (χ1n) is 6.27. The zero-order valence-corrected chi connectivity index (χ0v) is 10.9. The molecule has 0 aliphatic carbocycles. The Morgan fingerprint density at radius 2 is 1.90 bits per heavy atom. The summed E-state index contributed by atoms with van der Waals surface area (Å²) >= 11 is 0. The van der Waals surface area contributed by atoms with E-state index in [0.717, 1.165) is 5.69 Å². The lowest BCUT2D eigenvalue weighted by Gasteiger charge is -2.04. The number of carbonyl (C=O) groups is 1. The lowest BCUT2D eigenvalue weighted by molar-refractivity contribution is 0.0654. The number of rotatable bonds is 4. The fourth-order valence-electron chi connectivity index (χ4n) is 1.97. The number of carboxylic acid groups (broad SMARTS) is 1. The second kappa shape index (κ2) is 5.26. The molecular formula is C15H12N2O4. The summed E-state index contributed by atoms with van der Waals surface area (Å²) in [5.41, 5.74) is 1.24. The van der Waals surface area contributed by atoms with Gasteiger partial charge in [0.2, 0.25) is 5.76 Å². The van der Waals surface area contributed by atoms with Crippen LogP contribution in [0.2, 0.25) is 0 Å². The zero-order valence-electron chi connectivity index (χ0n) is 10.9. The summed E-state index contributed by atoms with van der Waals surface area (Å²) in [6.07, 6.45) is 0.609. The second-order valence-electron chi connectivity index (χ2n) is 4.43. The first kappa shape index (κ1) is 13.1. The Balaban J connectivity index is 1.87. The molecule has 0 bridgehead atoms. The molecule has 6 nitrogen and oxygen atoms in total. The van der Waals surface area contributed by atoms with Crippen molar-refractivity contribution >= 4 is 5.97 Å². The third-order valence-electron chi connectivity index (χ3n) is 3.02. The highest BCUT2D eigenvalue weighted by Crippen LogP contribution is 2.23. The maximum absolute atomic E-state index is 10.8. The van der Waals surface area contributed by atoms with Gasteiger partial charge in [0.25, 0.3) is 0 Å². The van der Waals surface area contributed by atoms with Crippen LogP contribution in [0.3, 0.4) is 0 Å². The van der Waals surface area contributed by atoms with E-state index in [1.807, 2.05) is 30.3 Å². The minimum absolute atomic E-state index is 0.144. The number of aliphatic hydroxyl groups excluding tert-OH is 1. The molecule has 0 saturated carbocycles.